The number of hydrogen-bond acceptors (Lipinski definition) is 4. The lowest BCUT2D eigenvalue weighted by Crippen LogP contribution is -2.48. The first kappa shape index (κ1) is 15.7. The zero-order valence-corrected chi connectivity index (χ0v) is 13.9. The average Bonchev–Trinajstić information content (AvgIpc) is 2.81. The molecule has 0 aromatic carbocycles. The smallest absolute Gasteiger partial charge is 0.227 e. The fourth-order valence-corrected chi connectivity index (χ4v) is 3.27. The summed E-state index contributed by atoms with van der Waals surface area (Å²) in [6.45, 7) is 8.37. The van der Waals surface area contributed by atoms with Crippen LogP contribution in [0.2, 0.25) is 4.34 Å². The van der Waals surface area contributed by atoms with Gasteiger partial charge in [-0.1, -0.05) is 32.4 Å². The molecule has 1 aromatic rings. The van der Waals surface area contributed by atoms with E-state index in [1.165, 1.54) is 11.3 Å². The third-order valence-electron chi connectivity index (χ3n) is 3.49. The molecule has 2 rings (SSSR count). The molecule has 1 aliphatic rings. The van der Waals surface area contributed by atoms with Gasteiger partial charge in [0.2, 0.25) is 5.91 Å². The predicted octanol–water partition coefficient (Wildman–Crippen LogP) is 2.92. The summed E-state index contributed by atoms with van der Waals surface area (Å²) in [7, 11) is 0. The second-order valence-corrected chi connectivity index (χ2v) is 8.00. The summed E-state index contributed by atoms with van der Waals surface area (Å²) in [5.74, 6) is 0.252. The lowest BCUT2D eigenvalue weighted by atomic mass is 9.93. The van der Waals surface area contributed by atoms with Crippen LogP contribution in [-0.4, -0.2) is 34.9 Å². The molecule has 2 heterocycles. The van der Waals surface area contributed by atoms with Gasteiger partial charge in [-0.3, -0.25) is 4.79 Å². The van der Waals surface area contributed by atoms with Crippen molar-refractivity contribution in [1.82, 2.24) is 15.2 Å². The van der Waals surface area contributed by atoms with E-state index >= 15 is 0 Å². The zero-order valence-electron chi connectivity index (χ0n) is 12.3. The number of amides is 1. The molecule has 1 amide bonds. The number of halogens is 1. The van der Waals surface area contributed by atoms with Crippen LogP contribution in [0.25, 0.3) is 0 Å². The number of nitrogens with zero attached hydrogens (tertiary/aromatic N) is 2. The second-order valence-electron chi connectivity index (χ2n) is 6.26. The van der Waals surface area contributed by atoms with E-state index in [1.807, 2.05) is 25.7 Å². The largest absolute Gasteiger partial charge is 0.342 e. The minimum absolute atomic E-state index is 0.252. The molecule has 0 unspecified atom stereocenters. The van der Waals surface area contributed by atoms with Crippen molar-refractivity contribution >= 4 is 28.8 Å². The van der Waals surface area contributed by atoms with Gasteiger partial charge < -0.3 is 10.2 Å². The van der Waals surface area contributed by atoms with Crippen molar-refractivity contribution in [2.75, 3.05) is 13.1 Å². The summed E-state index contributed by atoms with van der Waals surface area (Å²) >= 11 is 7.38. The topological polar surface area (TPSA) is 45.2 Å². The quantitative estimate of drug-likeness (QED) is 0.933. The van der Waals surface area contributed by atoms with E-state index in [0.717, 1.165) is 41.8 Å². The van der Waals surface area contributed by atoms with Crippen molar-refractivity contribution in [1.29, 1.82) is 0 Å². The number of nitrogens with one attached hydrogen (secondary N) is 1. The summed E-state index contributed by atoms with van der Waals surface area (Å²) in [5.41, 5.74) is -0.280. The summed E-state index contributed by atoms with van der Waals surface area (Å²) in [4.78, 5) is 18.4. The first-order valence-corrected chi connectivity index (χ1v) is 8.18. The number of aromatic nitrogens is 1. The Bertz CT molecular complexity index is 461. The van der Waals surface area contributed by atoms with E-state index in [1.54, 1.807) is 6.20 Å². The normalized spacial score (nSPS) is 17.5. The highest BCUT2D eigenvalue weighted by molar-refractivity contribution is 7.15. The molecule has 0 spiro atoms. The molecular formula is C14H22ClN3OS. The fraction of sp³-hybridized carbons (Fsp3) is 0.714. The van der Waals surface area contributed by atoms with Crippen LogP contribution in [0.15, 0.2) is 6.20 Å². The highest BCUT2D eigenvalue weighted by atomic mass is 35.5. The third kappa shape index (κ3) is 4.17. The molecule has 0 atom stereocenters. The molecule has 1 fully saturated rings. The lowest BCUT2D eigenvalue weighted by molar-refractivity contribution is -0.140. The number of carbonyl (C=O) groups excluding carboxylic acids is 1. The molecule has 0 radical (unpaired) electrons. The molecule has 1 aliphatic heterocycles. The average molecular weight is 316 g/mol. The van der Waals surface area contributed by atoms with E-state index in [-0.39, 0.29) is 11.3 Å². The Morgan fingerprint density at radius 2 is 2.15 bits per heavy atom. The summed E-state index contributed by atoms with van der Waals surface area (Å²) < 4.78 is 0.729. The summed E-state index contributed by atoms with van der Waals surface area (Å²) in [6.07, 6.45) is 3.69. The van der Waals surface area contributed by atoms with Crippen LogP contribution >= 0.6 is 22.9 Å². The maximum absolute atomic E-state index is 12.2. The van der Waals surface area contributed by atoms with Crippen molar-refractivity contribution in [3.05, 3.63) is 15.5 Å². The zero-order chi connectivity index (χ0) is 14.8. The van der Waals surface area contributed by atoms with Crippen LogP contribution in [0.1, 0.15) is 38.6 Å². The minimum atomic E-state index is -0.280. The molecule has 0 bridgehead atoms. The van der Waals surface area contributed by atoms with Gasteiger partial charge >= 0.3 is 0 Å². The molecule has 112 valence electrons. The van der Waals surface area contributed by atoms with Crippen molar-refractivity contribution < 1.29 is 4.79 Å². The highest BCUT2D eigenvalue weighted by Gasteiger charge is 2.30. The lowest BCUT2D eigenvalue weighted by Gasteiger charge is -2.36. The molecule has 20 heavy (non-hydrogen) atoms. The Balaban J connectivity index is 1.76. The van der Waals surface area contributed by atoms with Crippen LogP contribution in [0.5, 0.6) is 0 Å². The summed E-state index contributed by atoms with van der Waals surface area (Å²) in [5, 5.41) is 4.52. The Kier molecular flexibility index (Phi) is 5.04. The SMILES string of the molecule is CC(C)(C)C(=O)N1CCC(NCc2ncc(Cl)s2)CC1. The van der Waals surface area contributed by atoms with Gasteiger partial charge in [-0.15, -0.1) is 11.3 Å². The van der Waals surface area contributed by atoms with Crippen LogP contribution in [0.3, 0.4) is 0 Å². The first-order valence-electron chi connectivity index (χ1n) is 6.99. The Morgan fingerprint density at radius 1 is 1.50 bits per heavy atom. The molecule has 0 aliphatic carbocycles. The van der Waals surface area contributed by atoms with E-state index in [0.29, 0.717) is 6.04 Å². The van der Waals surface area contributed by atoms with Crippen molar-refractivity contribution in [3.8, 4) is 0 Å². The van der Waals surface area contributed by atoms with E-state index in [2.05, 4.69) is 10.3 Å². The Hall–Kier alpha value is -0.650. The van der Waals surface area contributed by atoms with Gasteiger partial charge in [0, 0.05) is 31.1 Å². The molecule has 1 aromatic heterocycles. The van der Waals surface area contributed by atoms with Crippen LogP contribution in [0.4, 0.5) is 0 Å². The molecular weight excluding hydrogens is 294 g/mol. The molecule has 4 nitrogen and oxygen atoms in total. The Labute approximate surface area is 129 Å². The van der Waals surface area contributed by atoms with Gasteiger partial charge in [0.15, 0.2) is 0 Å². The predicted molar refractivity (Wildman–Crippen MR) is 83.0 cm³/mol. The van der Waals surface area contributed by atoms with Gasteiger partial charge in [-0.2, -0.15) is 0 Å². The third-order valence-corrected chi connectivity index (χ3v) is 4.61. The molecule has 6 heteroatoms. The summed E-state index contributed by atoms with van der Waals surface area (Å²) in [6, 6.07) is 0.460. The monoisotopic (exact) mass is 315 g/mol. The number of carbonyl (C=O) groups is 1. The van der Waals surface area contributed by atoms with Gasteiger partial charge in [0.05, 0.1) is 6.20 Å². The van der Waals surface area contributed by atoms with E-state index in [4.69, 9.17) is 11.6 Å². The van der Waals surface area contributed by atoms with Gasteiger partial charge in [0.25, 0.3) is 0 Å². The van der Waals surface area contributed by atoms with Gasteiger partial charge in [-0.05, 0) is 12.8 Å². The maximum atomic E-state index is 12.2. The number of hydrogen-bond donors (Lipinski definition) is 1. The van der Waals surface area contributed by atoms with Crippen molar-refractivity contribution in [2.24, 2.45) is 5.41 Å². The molecule has 1 saturated heterocycles. The van der Waals surface area contributed by atoms with E-state index in [9.17, 15) is 4.79 Å². The van der Waals surface area contributed by atoms with Gasteiger partial charge in [0.1, 0.15) is 9.34 Å². The maximum Gasteiger partial charge on any atom is 0.227 e. The second kappa shape index (κ2) is 6.41. The van der Waals surface area contributed by atoms with Crippen molar-refractivity contribution in [3.63, 3.8) is 0 Å². The Morgan fingerprint density at radius 3 is 2.65 bits per heavy atom. The van der Waals surface area contributed by atoms with Crippen LogP contribution in [0, 0.1) is 5.41 Å². The first-order chi connectivity index (χ1) is 9.36. The minimum Gasteiger partial charge on any atom is -0.342 e. The molecule has 1 N–H and O–H groups in total. The van der Waals surface area contributed by atoms with Crippen LogP contribution < -0.4 is 5.32 Å². The van der Waals surface area contributed by atoms with Gasteiger partial charge in [-0.25, -0.2) is 4.98 Å². The van der Waals surface area contributed by atoms with E-state index < -0.39 is 0 Å². The van der Waals surface area contributed by atoms with Crippen molar-refractivity contribution in [2.45, 2.75) is 46.2 Å². The molecule has 0 saturated carbocycles. The number of likely N-dealkylation sites (tertiary alicyclic amines) is 1. The number of rotatable bonds is 3. The standard InChI is InChI=1S/C14H22ClN3OS/c1-14(2,3)13(19)18-6-4-10(5-7-18)16-9-12-17-8-11(15)20-12/h8,10,16H,4-7,9H2,1-3H3. The number of thiazole rings is 1. The fourth-order valence-electron chi connectivity index (χ4n) is 2.36. The van der Waals surface area contributed by atoms with Crippen LogP contribution in [-0.2, 0) is 11.3 Å². The number of piperidine rings is 1. The highest BCUT2D eigenvalue weighted by Crippen LogP contribution is 2.22.